The molecule has 0 aromatic heterocycles. The maximum absolute atomic E-state index is 12.3. The number of rotatable bonds is 8. The van der Waals surface area contributed by atoms with E-state index < -0.39 is 5.41 Å². The zero-order chi connectivity index (χ0) is 15.0. The Morgan fingerprint density at radius 3 is 2.45 bits per heavy atom. The van der Waals surface area contributed by atoms with Gasteiger partial charge in [0.15, 0.2) is 0 Å². The highest BCUT2D eigenvalue weighted by molar-refractivity contribution is 5.82. The van der Waals surface area contributed by atoms with Crippen LogP contribution >= 0.6 is 0 Å². The van der Waals surface area contributed by atoms with E-state index in [-0.39, 0.29) is 5.91 Å². The lowest BCUT2D eigenvalue weighted by Gasteiger charge is -2.30. The summed E-state index contributed by atoms with van der Waals surface area (Å²) < 4.78 is 0. The largest absolute Gasteiger partial charge is 0.345 e. The Bertz CT molecular complexity index is 399. The maximum atomic E-state index is 12.3. The highest BCUT2D eigenvalue weighted by Crippen LogP contribution is 2.22. The average molecular weight is 276 g/mol. The fourth-order valence-electron chi connectivity index (χ4n) is 2.27. The lowest BCUT2D eigenvalue weighted by molar-refractivity contribution is -0.139. The maximum Gasteiger partial charge on any atom is 0.229 e. The summed E-state index contributed by atoms with van der Waals surface area (Å²) in [6, 6.07) is 10.5. The molecule has 3 heteroatoms. The van der Waals surface area contributed by atoms with Crippen LogP contribution < -0.4 is 5.73 Å². The van der Waals surface area contributed by atoms with Crippen LogP contribution in [-0.4, -0.2) is 30.9 Å². The molecule has 0 saturated carbocycles. The SMILES string of the molecule is CCC(C)(CN)C(=O)N(C)CCCCc1ccccc1. The molecule has 0 aliphatic carbocycles. The van der Waals surface area contributed by atoms with E-state index in [1.165, 1.54) is 5.56 Å². The fraction of sp³-hybridized carbons (Fsp3) is 0.588. The van der Waals surface area contributed by atoms with Crippen molar-refractivity contribution in [3.63, 3.8) is 0 Å². The minimum atomic E-state index is -0.409. The Labute approximate surface area is 123 Å². The lowest BCUT2D eigenvalue weighted by Crippen LogP contribution is -2.44. The monoisotopic (exact) mass is 276 g/mol. The van der Waals surface area contributed by atoms with E-state index in [1.54, 1.807) is 0 Å². The van der Waals surface area contributed by atoms with Gasteiger partial charge in [-0.15, -0.1) is 0 Å². The van der Waals surface area contributed by atoms with Gasteiger partial charge in [0.1, 0.15) is 0 Å². The van der Waals surface area contributed by atoms with Crippen LogP contribution in [0.25, 0.3) is 0 Å². The van der Waals surface area contributed by atoms with Crippen LogP contribution in [0.5, 0.6) is 0 Å². The number of hydrogen-bond acceptors (Lipinski definition) is 2. The van der Waals surface area contributed by atoms with Crippen LogP contribution in [0.2, 0.25) is 0 Å². The quantitative estimate of drug-likeness (QED) is 0.742. The Balaban J connectivity index is 2.33. The van der Waals surface area contributed by atoms with Crippen LogP contribution in [0, 0.1) is 5.41 Å². The Morgan fingerprint density at radius 2 is 1.90 bits per heavy atom. The standard InChI is InChI=1S/C17H28N2O/c1-4-17(2,14-18)16(20)19(3)13-9-8-12-15-10-6-5-7-11-15/h5-7,10-11H,4,8-9,12-14,18H2,1-3H3. The highest BCUT2D eigenvalue weighted by atomic mass is 16.2. The van der Waals surface area contributed by atoms with E-state index in [2.05, 4.69) is 24.3 Å². The molecule has 1 rings (SSSR count). The summed E-state index contributed by atoms with van der Waals surface area (Å²) in [6.45, 7) is 5.20. The second-order valence-electron chi connectivity index (χ2n) is 5.79. The summed E-state index contributed by atoms with van der Waals surface area (Å²) in [5, 5.41) is 0. The molecule has 0 aliphatic rings. The van der Waals surface area contributed by atoms with Crippen LogP contribution in [0.15, 0.2) is 30.3 Å². The third kappa shape index (κ3) is 4.64. The normalized spacial score (nSPS) is 13.8. The summed E-state index contributed by atoms with van der Waals surface area (Å²) in [6.07, 6.45) is 4.00. The second-order valence-corrected chi connectivity index (χ2v) is 5.79. The minimum absolute atomic E-state index is 0.169. The molecular formula is C17H28N2O. The summed E-state index contributed by atoms with van der Waals surface area (Å²) in [5.41, 5.74) is 6.69. The first-order valence-electron chi connectivity index (χ1n) is 7.53. The Kier molecular flexibility index (Phi) is 6.73. The zero-order valence-electron chi connectivity index (χ0n) is 13.1. The summed E-state index contributed by atoms with van der Waals surface area (Å²) in [5.74, 6) is 0.169. The first kappa shape index (κ1) is 16.7. The van der Waals surface area contributed by atoms with Gasteiger partial charge in [-0.25, -0.2) is 0 Å². The van der Waals surface area contributed by atoms with Crippen LogP contribution in [0.3, 0.4) is 0 Å². The van der Waals surface area contributed by atoms with Crippen molar-refractivity contribution in [1.82, 2.24) is 4.90 Å². The van der Waals surface area contributed by atoms with E-state index in [0.717, 1.165) is 32.2 Å². The van der Waals surface area contributed by atoms with Gasteiger partial charge in [-0.1, -0.05) is 37.3 Å². The van der Waals surface area contributed by atoms with Gasteiger partial charge in [0.2, 0.25) is 5.91 Å². The molecule has 0 heterocycles. The summed E-state index contributed by atoms with van der Waals surface area (Å²) in [7, 11) is 1.88. The van der Waals surface area contributed by atoms with Crippen molar-refractivity contribution >= 4 is 5.91 Å². The molecule has 1 unspecified atom stereocenters. The number of aryl methyl sites for hydroxylation is 1. The van der Waals surface area contributed by atoms with Crippen molar-refractivity contribution in [1.29, 1.82) is 0 Å². The summed E-state index contributed by atoms with van der Waals surface area (Å²) >= 11 is 0. The van der Waals surface area contributed by atoms with Gasteiger partial charge in [-0.3, -0.25) is 4.79 Å². The van der Waals surface area contributed by atoms with E-state index in [1.807, 2.05) is 31.9 Å². The molecule has 2 N–H and O–H groups in total. The van der Waals surface area contributed by atoms with Crippen molar-refractivity contribution in [3.8, 4) is 0 Å². The number of nitrogens with two attached hydrogens (primary N) is 1. The number of carbonyl (C=O) groups excluding carboxylic acids is 1. The molecule has 1 aromatic carbocycles. The van der Waals surface area contributed by atoms with E-state index in [4.69, 9.17) is 5.73 Å². The zero-order valence-corrected chi connectivity index (χ0v) is 13.1. The third-order valence-corrected chi connectivity index (χ3v) is 4.15. The van der Waals surface area contributed by atoms with Crippen molar-refractivity contribution in [2.75, 3.05) is 20.1 Å². The number of carbonyl (C=O) groups is 1. The molecule has 0 aliphatic heterocycles. The molecule has 0 fully saturated rings. The molecule has 0 radical (unpaired) electrons. The molecule has 1 amide bonds. The number of nitrogens with zero attached hydrogens (tertiary/aromatic N) is 1. The van der Waals surface area contributed by atoms with Gasteiger partial charge < -0.3 is 10.6 Å². The van der Waals surface area contributed by atoms with Crippen molar-refractivity contribution in [2.24, 2.45) is 11.1 Å². The predicted octanol–water partition coefficient (Wildman–Crippen LogP) is 2.84. The van der Waals surface area contributed by atoms with E-state index in [9.17, 15) is 4.79 Å². The lowest BCUT2D eigenvalue weighted by atomic mass is 9.86. The van der Waals surface area contributed by atoms with E-state index >= 15 is 0 Å². The first-order valence-corrected chi connectivity index (χ1v) is 7.53. The topological polar surface area (TPSA) is 46.3 Å². The third-order valence-electron chi connectivity index (χ3n) is 4.15. The molecule has 0 saturated heterocycles. The number of hydrogen-bond donors (Lipinski definition) is 1. The molecule has 20 heavy (non-hydrogen) atoms. The van der Waals surface area contributed by atoms with Crippen LogP contribution in [0.4, 0.5) is 0 Å². The van der Waals surface area contributed by atoms with Gasteiger partial charge in [0.25, 0.3) is 0 Å². The van der Waals surface area contributed by atoms with Crippen LogP contribution in [0.1, 0.15) is 38.7 Å². The van der Waals surface area contributed by atoms with Gasteiger partial charge in [-0.05, 0) is 38.2 Å². The van der Waals surface area contributed by atoms with Gasteiger partial charge >= 0.3 is 0 Å². The van der Waals surface area contributed by atoms with E-state index in [0.29, 0.717) is 6.54 Å². The molecule has 3 nitrogen and oxygen atoms in total. The predicted molar refractivity (Wildman–Crippen MR) is 84.5 cm³/mol. The molecule has 112 valence electrons. The molecule has 0 bridgehead atoms. The Hall–Kier alpha value is -1.35. The second kappa shape index (κ2) is 8.05. The number of amides is 1. The first-order chi connectivity index (χ1) is 9.53. The van der Waals surface area contributed by atoms with Crippen molar-refractivity contribution < 1.29 is 4.79 Å². The van der Waals surface area contributed by atoms with Gasteiger partial charge in [0.05, 0.1) is 5.41 Å². The highest BCUT2D eigenvalue weighted by Gasteiger charge is 2.31. The van der Waals surface area contributed by atoms with Crippen LogP contribution in [-0.2, 0) is 11.2 Å². The number of unbranched alkanes of at least 4 members (excludes halogenated alkanes) is 1. The molecular weight excluding hydrogens is 248 g/mol. The van der Waals surface area contributed by atoms with Crippen molar-refractivity contribution in [3.05, 3.63) is 35.9 Å². The summed E-state index contributed by atoms with van der Waals surface area (Å²) in [4.78, 5) is 14.2. The molecule has 1 aromatic rings. The van der Waals surface area contributed by atoms with Gasteiger partial charge in [-0.2, -0.15) is 0 Å². The van der Waals surface area contributed by atoms with Crippen molar-refractivity contribution in [2.45, 2.75) is 39.5 Å². The minimum Gasteiger partial charge on any atom is -0.345 e. The average Bonchev–Trinajstić information content (AvgIpc) is 2.50. The number of benzene rings is 1. The smallest absolute Gasteiger partial charge is 0.229 e. The van der Waals surface area contributed by atoms with Gasteiger partial charge in [0, 0.05) is 20.1 Å². The fourth-order valence-corrected chi connectivity index (χ4v) is 2.27. The molecule has 1 atom stereocenters. The Morgan fingerprint density at radius 1 is 1.25 bits per heavy atom. The molecule has 0 spiro atoms.